The van der Waals surface area contributed by atoms with Crippen LogP contribution in [-0.4, -0.2) is 38.4 Å². The molecule has 4 atom stereocenters. The molecule has 0 saturated carbocycles. The molecule has 32 heavy (non-hydrogen) atoms. The SMILES string of the molecule is Clc1ccc2c(c1)CCO[C@@H]2[C@H]1CCCN1.Clc1ccc2c(c1)CCO[C@H]2[C@H]1CCCN1. The second-order valence-electron chi connectivity index (χ2n) is 9.17. The van der Waals surface area contributed by atoms with Crippen molar-refractivity contribution in [1.82, 2.24) is 10.6 Å². The van der Waals surface area contributed by atoms with Crippen molar-refractivity contribution < 1.29 is 9.47 Å². The van der Waals surface area contributed by atoms with E-state index in [9.17, 15) is 0 Å². The maximum Gasteiger partial charge on any atom is 0.0980 e. The zero-order valence-corrected chi connectivity index (χ0v) is 19.9. The third-order valence-electron chi connectivity index (χ3n) is 7.09. The molecule has 2 aromatic rings. The van der Waals surface area contributed by atoms with E-state index >= 15 is 0 Å². The molecule has 2 fully saturated rings. The first-order valence-corrected chi connectivity index (χ1v) is 12.7. The molecule has 0 bridgehead atoms. The minimum Gasteiger partial charge on any atom is -0.372 e. The summed E-state index contributed by atoms with van der Waals surface area (Å²) >= 11 is 12.1. The van der Waals surface area contributed by atoms with Crippen LogP contribution in [-0.2, 0) is 22.3 Å². The number of fused-ring (bicyclic) bond motifs is 2. The number of halogens is 2. The van der Waals surface area contributed by atoms with Crippen LogP contribution in [0.5, 0.6) is 0 Å². The molecule has 0 unspecified atom stereocenters. The van der Waals surface area contributed by atoms with Gasteiger partial charge in [0.1, 0.15) is 0 Å². The van der Waals surface area contributed by atoms with Crippen LogP contribution in [0.25, 0.3) is 0 Å². The molecule has 2 N–H and O–H groups in total. The highest BCUT2D eigenvalue weighted by Crippen LogP contribution is 2.35. The first-order chi connectivity index (χ1) is 15.7. The van der Waals surface area contributed by atoms with Gasteiger partial charge in [-0.15, -0.1) is 0 Å². The van der Waals surface area contributed by atoms with Crippen LogP contribution < -0.4 is 10.6 Å². The molecule has 172 valence electrons. The Balaban J connectivity index is 0.000000135. The zero-order chi connectivity index (χ0) is 21.9. The first-order valence-electron chi connectivity index (χ1n) is 12.0. The minimum absolute atomic E-state index is 0.225. The smallest absolute Gasteiger partial charge is 0.0980 e. The number of rotatable bonds is 2. The van der Waals surface area contributed by atoms with Gasteiger partial charge in [0.05, 0.1) is 25.4 Å². The summed E-state index contributed by atoms with van der Waals surface area (Å²) in [7, 11) is 0. The lowest BCUT2D eigenvalue weighted by molar-refractivity contribution is 0.0199. The molecule has 4 heterocycles. The number of hydrogen-bond donors (Lipinski definition) is 2. The topological polar surface area (TPSA) is 42.5 Å². The number of nitrogens with one attached hydrogen (secondary N) is 2. The van der Waals surface area contributed by atoms with Crippen LogP contribution in [0, 0.1) is 0 Å². The third kappa shape index (κ3) is 5.01. The lowest BCUT2D eigenvalue weighted by Crippen LogP contribution is -2.33. The molecule has 0 spiro atoms. The van der Waals surface area contributed by atoms with E-state index in [4.69, 9.17) is 32.7 Å². The molecular formula is C26H32Cl2N2O2. The lowest BCUT2D eigenvalue weighted by atomic mass is 9.92. The van der Waals surface area contributed by atoms with Gasteiger partial charge >= 0.3 is 0 Å². The van der Waals surface area contributed by atoms with E-state index < -0.39 is 0 Å². The van der Waals surface area contributed by atoms with E-state index in [1.54, 1.807) is 0 Å². The highest BCUT2D eigenvalue weighted by Gasteiger charge is 2.31. The second-order valence-corrected chi connectivity index (χ2v) is 10.0. The van der Waals surface area contributed by atoms with E-state index in [-0.39, 0.29) is 12.2 Å². The average molecular weight is 475 g/mol. The van der Waals surface area contributed by atoms with Gasteiger partial charge in [0.2, 0.25) is 0 Å². The molecular weight excluding hydrogens is 443 g/mol. The lowest BCUT2D eigenvalue weighted by Gasteiger charge is -2.30. The molecule has 0 radical (unpaired) electrons. The van der Waals surface area contributed by atoms with Crippen LogP contribution in [0.15, 0.2) is 36.4 Å². The van der Waals surface area contributed by atoms with Crippen molar-refractivity contribution in [3.05, 3.63) is 68.7 Å². The van der Waals surface area contributed by atoms with Crippen LogP contribution in [0.2, 0.25) is 10.0 Å². The summed E-state index contributed by atoms with van der Waals surface area (Å²) in [6.45, 7) is 3.87. The standard InChI is InChI=1S/2C13H16ClNO/c2*14-10-3-4-11-9(8-10)5-7-16-13(11)12-2-1-6-15-12/h2*3-4,8,12-13,15H,1-2,5-7H2/t12-,13+;12-,13-/m11/s1. The quantitative estimate of drug-likeness (QED) is 0.610. The monoisotopic (exact) mass is 474 g/mol. The molecule has 4 aliphatic rings. The predicted molar refractivity (Wildman–Crippen MR) is 130 cm³/mol. The van der Waals surface area contributed by atoms with Gasteiger partial charge < -0.3 is 20.1 Å². The van der Waals surface area contributed by atoms with Gasteiger partial charge in [-0.25, -0.2) is 0 Å². The third-order valence-corrected chi connectivity index (χ3v) is 7.56. The van der Waals surface area contributed by atoms with Gasteiger partial charge in [0.15, 0.2) is 0 Å². The highest BCUT2D eigenvalue weighted by atomic mass is 35.5. The molecule has 2 aromatic carbocycles. The Morgan fingerprint density at radius 3 is 1.56 bits per heavy atom. The molecule has 6 rings (SSSR count). The Kier molecular flexibility index (Phi) is 7.37. The van der Waals surface area contributed by atoms with E-state index in [0.717, 1.165) is 49.2 Å². The van der Waals surface area contributed by atoms with E-state index in [1.165, 1.54) is 47.9 Å². The summed E-state index contributed by atoms with van der Waals surface area (Å²) in [5.41, 5.74) is 5.38. The normalized spacial score (nSPS) is 29.1. The van der Waals surface area contributed by atoms with Crippen molar-refractivity contribution in [2.45, 2.75) is 62.8 Å². The van der Waals surface area contributed by atoms with Crippen molar-refractivity contribution in [2.24, 2.45) is 0 Å². The summed E-state index contributed by atoms with van der Waals surface area (Å²) in [4.78, 5) is 0. The fourth-order valence-electron chi connectivity index (χ4n) is 5.51. The van der Waals surface area contributed by atoms with Gasteiger partial charge in [-0.05, 0) is 98.1 Å². The Morgan fingerprint density at radius 2 is 1.16 bits per heavy atom. The van der Waals surface area contributed by atoms with E-state index in [2.05, 4.69) is 34.9 Å². The number of benzene rings is 2. The zero-order valence-electron chi connectivity index (χ0n) is 18.4. The Labute approximate surface area is 201 Å². The molecule has 0 aromatic heterocycles. The van der Waals surface area contributed by atoms with Gasteiger partial charge in [0, 0.05) is 22.1 Å². The Hall–Kier alpha value is -1.14. The Bertz CT molecular complexity index is 851. The van der Waals surface area contributed by atoms with Gasteiger partial charge in [-0.3, -0.25) is 0 Å². The largest absolute Gasteiger partial charge is 0.372 e. The van der Waals surface area contributed by atoms with Gasteiger partial charge in [-0.1, -0.05) is 35.3 Å². The van der Waals surface area contributed by atoms with Crippen LogP contribution in [0.3, 0.4) is 0 Å². The fourth-order valence-corrected chi connectivity index (χ4v) is 5.90. The molecule has 4 aliphatic heterocycles. The summed E-state index contributed by atoms with van der Waals surface area (Å²) in [6.07, 6.45) is 7.37. The van der Waals surface area contributed by atoms with Crippen molar-refractivity contribution >= 4 is 23.2 Å². The van der Waals surface area contributed by atoms with Crippen molar-refractivity contribution in [3.63, 3.8) is 0 Å². The summed E-state index contributed by atoms with van der Waals surface area (Å²) in [6, 6.07) is 13.3. The van der Waals surface area contributed by atoms with Gasteiger partial charge in [0.25, 0.3) is 0 Å². The summed E-state index contributed by atoms with van der Waals surface area (Å²) in [5, 5.41) is 8.71. The van der Waals surface area contributed by atoms with Gasteiger partial charge in [-0.2, -0.15) is 0 Å². The average Bonchev–Trinajstić information content (AvgIpc) is 3.53. The van der Waals surface area contributed by atoms with Crippen LogP contribution in [0.4, 0.5) is 0 Å². The molecule has 0 amide bonds. The molecule has 2 saturated heterocycles. The maximum atomic E-state index is 6.03. The van der Waals surface area contributed by atoms with Crippen molar-refractivity contribution in [3.8, 4) is 0 Å². The second kappa shape index (κ2) is 10.4. The first kappa shape index (κ1) is 22.6. The summed E-state index contributed by atoms with van der Waals surface area (Å²) in [5.74, 6) is 0. The molecule has 6 heteroatoms. The molecule has 0 aliphatic carbocycles. The van der Waals surface area contributed by atoms with E-state index in [0.29, 0.717) is 12.1 Å². The predicted octanol–water partition coefficient (Wildman–Crippen LogP) is 5.41. The number of hydrogen-bond acceptors (Lipinski definition) is 4. The minimum atomic E-state index is 0.225. The van der Waals surface area contributed by atoms with Crippen LogP contribution >= 0.6 is 23.2 Å². The highest BCUT2D eigenvalue weighted by molar-refractivity contribution is 6.30. The Morgan fingerprint density at radius 1 is 0.688 bits per heavy atom. The van der Waals surface area contributed by atoms with Crippen molar-refractivity contribution in [2.75, 3.05) is 26.3 Å². The maximum absolute atomic E-state index is 6.03. The van der Waals surface area contributed by atoms with Crippen LogP contribution in [0.1, 0.15) is 60.1 Å². The van der Waals surface area contributed by atoms with Crippen molar-refractivity contribution in [1.29, 1.82) is 0 Å². The van der Waals surface area contributed by atoms with E-state index in [1.807, 2.05) is 12.1 Å². The number of ether oxygens (including phenoxy) is 2. The molecule has 4 nitrogen and oxygen atoms in total. The summed E-state index contributed by atoms with van der Waals surface area (Å²) < 4.78 is 11.8. The fraction of sp³-hybridized carbons (Fsp3) is 0.538.